The average Bonchev–Trinajstić information content (AvgIpc) is 3.25. The molecule has 8 heteroatoms. The molecule has 4 aromatic rings. The van der Waals surface area contributed by atoms with Crippen LogP contribution in [0.1, 0.15) is 21.9 Å². The average molecular weight is 397 g/mol. The van der Waals surface area contributed by atoms with Crippen LogP contribution in [-0.4, -0.2) is 27.8 Å². The second-order valence-corrected chi connectivity index (χ2v) is 6.59. The Labute approximate surface area is 165 Å². The summed E-state index contributed by atoms with van der Waals surface area (Å²) >= 11 is 6.24. The van der Waals surface area contributed by atoms with Crippen molar-refractivity contribution in [3.8, 4) is 5.69 Å². The number of nitrogens with one attached hydrogen (secondary N) is 1. The van der Waals surface area contributed by atoms with E-state index in [2.05, 4.69) is 15.4 Å². The lowest BCUT2D eigenvalue weighted by Crippen LogP contribution is -2.13. The van der Waals surface area contributed by atoms with Gasteiger partial charge in [0.05, 0.1) is 28.2 Å². The standard InChI is InChI=1S/C20H17ClN4O3/c1-12-14(10-22-25(12)17-6-4-3-5-15(17)21)20(26)23-13-7-8-18-16(9-13)24-19(28-18)11-27-2/h3-10H,11H2,1-2H3,(H,23,26). The Morgan fingerprint density at radius 1 is 1.29 bits per heavy atom. The lowest BCUT2D eigenvalue weighted by atomic mass is 10.2. The maximum atomic E-state index is 12.7. The van der Waals surface area contributed by atoms with Crippen molar-refractivity contribution in [1.29, 1.82) is 0 Å². The first kappa shape index (κ1) is 18.2. The normalized spacial score (nSPS) is 11.1. The van der Waals surface area contributed by atoms with Crippen LogP contribution in [0.4, 0.5) is 5.69 Å². The van der Waals surface area contributed by atoms with Gasteiger partial charge < -0.3 is 14.5 Å². The molecule has 0 spiro atoms. The third-order valence-electron chi connectivity index (χ3n) is 4.29. The molecule has 0 unspecified atom stereocenters. The topological polar surface area (TPSA) is 82.2 Å². The minimum absolute atomic E-state index is 0.268. The van der Waals surface area contributed by atoms with Crippen molar-refractivity contribution in [2.45, 2.75) is 13.5 Å². The highest BCUT2D eigenvalue weighted by Gasteiger charge is 2.17. The van der Waals surface area contributed by atoms with Gasteiger partial charge in [-0.2, -0.15) is 5.10 Å². The molecule has 0 saturated carbocycles. The zero-order chi connectivity index (χ0) is 19.7. The molecule has 0 aliphatic carbocycles. The minimum Gasteiger partial charge on any atom is -0.438 e. The molecular weight excluding hydrogens is 380 g/mol. The monoisotopic (exact) mass is 396 g/mol. The van der Waals surface area contributed by atoms with Crippen LogP contribution < -0.4 is 5.32 Å². The number of hydrogen-bond acceptors (Lipinski definition) is 5. The number of halogens is 1. The summed E-state index contributed by atoms with van der Waals surface area (Å²) in [5, 5.41) is 7.75. The summed E-state index contributed by atoms with van der Waals surface area (Å²) in [6.45, 7) is 2.11. The molecule has 0 radical (unpaired) electrons. The van der Waals surface area contributed by atoms with Crippen LogP contribution in [0.15, 0.2) is 53.1 Å². The summed E-state index contributed by atoms with van der Waals surface area (Å²) < 4.78 is 12.2. The number of oxazole rings is 1. The highest BCUT2D eigenvalue weighted by atomic mass is 35.5. The molecule has 2 heterocycles. The van der Waals surface area contributed by atoms with Gasteiger partial charge in [0, 0.05) is 12.8 Å². The molecule has 0 aliphatic rings. The maximum absolute atomic E-state index is 12.7. The number of amides is 1. The van der Waals surface area contributed by atoms with E-state index in [0.717, 1.165) is 5.69 Å². The number of carbonyl (C=O) groups excluding carboxylic acids is 1. The molecule has 28 heavy (non-hydrogen) atoms. The third kappa shape index (κ3) is 3.37. The molecule has 1 N–H and O–H groups in total. The SMILES string of the molecule is COCc1nc2cc(NC(=O)c3cnn(-c4ccccc4Cl)c3C)ccc2o1. The molecule has 0 aliphatic heterocycles. The van der Waals surface area contributed by atoms with Crippen molar-refractivity contribution in [1.82, 2.24) is 14.8 Å². The van der Waals surface area contributed by atoms with Gasteiger partial charge in [-0.05, 0) is 37.3 Å². The van der Waals surface area contributed by atoms with E-state index in [-0.39, 0.29) is 12.5 Å². The number of benzene rings is 2. The molecule has 7 nitrogen and oxygen atoms in total. The second kappa shape index (κ2) is 7.46. The number of rotatable bonds is 5. The van der Waals surface area contributed by atoms with Crippen LogP contribution in [0.25, 0.3) is 16.8 Å². The Morgan fingerprint density at radius 3 is 2.89 bits per heavy atom. The van der Waals surface area contributed by atoms with E-state index in [1.807, 2.05) is 25.1 Å². The number of hydrogen-bond donors (Lipinski definition) is 1. The number of fused-ring (bicyclic) bond motifs is 1. The molecule has 2 aromatic heterocycles. The largest absolute Gasteiger partial charge is 0.438 e. The van der Waals surface area contributed by atoms with Crippen molar-refractivity contribution >= 4 is 34.3 Å². The summed E-state index contributed by atoms with van der Waals surface area (Å²) in [5.41, 5.74) is 3.76. The predicted molar refractivity (Wildman–Crippen MR) is 106 cm³/mol. The van der Waals surface area contributed by atoms with Crippen LogP contribution in [0.2, 0.25) is 5.02 Å². The summed E-state index contributed by atoms with van der Waals surface area (Å²) in [7, 11) is 1.58. The Balaban J connectivity index is 1.59. The fraction of sp³-hybridized carbons (Fsp3) is 0.150. The van der Waals surface area contributed by atoms with Gasteiger partial charge in [0.2, 0.25) is 5.89 Å². The van der Waals surface area contributed by atoms with Crippen molar-refractivity contribution < 1.29 is 13.9 Å². The fourth-order valence-corrected chi connectivity index (χ4v) is 3.15. The van der Waals surface area contributed by atoms with Gasteiger partial charge in [-0.15, -0.1) is 0 Å². The van der Waals surface area contributed by atoms with Crippen LogP contribution >= 0.6 is 11.6 Å². The van der Waals surface area contributed by atoms with E-state index < -0.39 is 0 Å². The first-order chi connectivity index (χ1) is 13.6. The molecule has 0 saturated heterocycles. The van der Waals surface area contributed by atoms with E-state index in [1.165, 1.54) is 6.20 Å². The molecule has 1 amide bonds. The lowest BCUT2D eigenvalue weighted by Gasteiger charge is -2.08. The van der Waals surface area contributed by atoms with Crippen molar-refractivity contribution in [3.63, 3.8) is 0 Å². The van der Waals surface area contributed by atoms with E-state index in [9.17, 15) is 4.79 Å². The predicted octanol–water partition coefficient (Wildman–Crippen LogP) is 4.37. The Hall–Kier alpha value is -3.16. The van der Waals surface area contributed by atoms with Gasteiger partial charge in [0.25, 0.3) is 5.91 Å². The summed E-state index contributed by atoms with van der Waals surface area (Å²) in [5.74, 6) is 0.216. The number of methoxy groups -OCH3 is 1. The molecule has 2 aromatic carbocycles. The summed E-state index contributed by atoms with van der Waals surface area (Å²) in [6.07, 6.45) is 1.53. The molecule has 142 valence electrons. The van der Waals surface area contributed by atoms with E-state index >= 15 is 0 Å². The summed E-state index contributed by atoms with van der Waals surface area (Å²) in [4.78, 5) is 17.1. The zero-order valence-electron chi connectivity index (χ0n) is 15.3. The third-order valence-corrected chi connectivity index (χ3v) is 4.61. The van der Waals surface area contributed by atoms with Gasteiger partial charge in [0.1, 0.15) is 12.1 Å². The molecule has 0 fully saturated rings. The maximum Gasteiger partial charge on any atom is 0.259 e. The van der Waals surface area contributed by atoms with Crippen LogP contribution in [-0.2, 0) is 11.3 Å². The van der Waals surface area contributed by atoms with E-state index in [1.54, 1.807) is 36.1 Å². The smallest absolute Gasteiger partial charge is 0.259 e. The fourth-order valence-electron chi connectivity index (χ4n) is 2.94. The number of nitrogens with zero attached hydrogens (tertiary/aromatic N) is 3. The number of aromatic nitrogens is 3. The molecule has 0 bridgehead atoms. The highest BCUT2D eigenvalue weighted by molar-refractivity contribution is 6.32. The first-order valence-corrected chi connectivity index (χ1v) is 8.94. The van der Waals surface area contributed by atoms with Crippen LogP contribution in [0, 0.1) is 6.92 Å². The minimum atomic E-state index is -0.268. The van der Waals surface area contributed by atoms with Gasteiger partial charge in [-0.25, -0.2) is 9.67 Å². The van der Waals surface area contributed by atoms with Crippen LogP contribution in [0.5, 0.6) is 0 Å². The van der Waals surface area contributed by atoms with E-state index in [4.69, 9.17) is 20.8 Å². The van der Waals surface area contributed by atoms with Crippen LogP contribution in [0.3, 0.4) is 0 Å². The Kier molecular flexibility index (Phi) is 4.85. The number of carbonyl (C=O) groups is 1. The van der Waals surface area contributed by atoms with Gasteiger partial charge in [-0.1, -0.05) is 23.7 Å². The van der Waals surface area contributed by atoms with Crippen molar-refractivity contribution in [2.75, 3.05) is 12.4 Å². The summed E-state index contributed by atoms with van der Waals surface area (Å²) in [6, 6.07) is 12.6. The Morgan fingerprint density at radius 2 is 2.11 bits per heavy atom. The highest BCUT2D eigenvalue weighted by Crippen LogP contribution is 2.24. The van der Waals surface area contributed by atoms with Crippen molar-refractivity contribution in [2.24, 2.45) is 0 Å². The van der Waals surface area contributed by atoms with Gasteiger partial charge in [-0.3, -0.25) is 4.79 Å². The lowest BCUT2D eigenvalue weighted by molar-refractivity contribution is 0.102. The van der Waals surface area contributed by atoms with Gasteiger partial charge in [0.15, 0.2) is 5.58 Å². The van der Waals surface area contributed by atoms with Crippen molar-refractivity contribution in [3.05, 3.63) is 70.8 Å². The Bertz CT molecular complexity index is 1170. The number of anilines is 1. The quantitative estimate of drug-likeness (QED) is 0.541. The molecule has 4 rings (SSSR count). The molecule has 0 atom stereocenters. The zero-order valence-corrected chi connectivity index (χ0v) is 16.0. The first-order valence-electron chi connectivity index (χ1n) is 8.56. The number of ether oxygens (including phenoxy) is 1. The van der Waals surface area contributed by atoms with Gasteiger partial charge >= 0.3 is 0 Å². The molecular formula is C20H17ClN4O3. The second-order valence-electron chi connectivity index (χ2n) is 6.18. The van der Waals surface area contributed by atoms with E-state index in [0.29, 0.717) is 39.0 Å². The number of para-hydroxylation sites is 1.